The van der Waals surface area contributed by atoms with Crippen LogP contribution in [-0.4, -0.2) is 55.1 Å². The van der Waals surface area contributed by atoms with Crippen molar-refractivity contribution in [3.63, 3.8) is 0 Å². The molecule has 3 amide bonds. The summed E-state index contributed by atoms with van der Waals surface area (Å²) in [4.78, 5) is 37.0. The van der Waals surface area contributed by atoms with Crippen molar-refractivity contribution in [3.05, 3.63) is 29.8 Å². The van der Waals surface area contributed by atoms with Crippen molar-refractivity contribution in [2.75, 3.05) is 26.2 Å². The summed E-state index contributed by atoms with van der Waals surface area (Å²) in [6.07, 6.45) is 3.49. The fourth-order valence-electron chi connectivity index (χ4n) is 2.48. The van der Waals surface area contributed by atoms with E-state index in [1.165, 1.54) is 6.21 Å². The van der Waals surface area contributed by atoms with Gasteiger partial charge in [0.05, 0.1) is 6.21 Å². The summed E-state index contributed by atoms with van der Waals surface area (Å²) < 4.78 is 5.54. The fraction of sp³-hybridized carbons (Fsp3) is 0.474. The third-order valence-corrected chi connectivity index (χ3v) is 3.94. The van der Waals surface area contributed by atoms with Crippen LogP contribution in [-0.2, 0) is 14.4 Å². The van der Waals surface area contributed by atoms with Gasteiger partial charge in [0.25, 0.3) is 5.91 Å². The van der Waals surface area contributed by atoms with E-state index in [9.17, 15) is 14.4 Å². The van der Waals surface area contributed by atoms with E-state index in [0.29, 0.717) is 17.9 Å². The fourth-order valence-corrected chi connectivity index (χ4v) is 2.48. The normalized spacial score (nSPS) is 13.8. The minimum Gasteiger partial charge on any atom is -0.484 e. The maximum atomic E-state index is 12.0. The number of nitrogens with one attached hydrogen (secondary N) is 2. The average Bonchev–Trinajstić information content (AvgIpc) is 3.19. The predicted octanol–water partition coefficient (Wildman–Crippen LogP) is 0.910. The number of rotatable bonds is 7. The van der Waals surface area contributed by atoms with E-state index in [1.807, 2.05) is 13.8 Å². The van der Waals surface area contributed by atoms with Crippen LogP contribution in [0.15, 0.2) is 29.4 Å². The smallest absolute Gasteiger partial charge is 0.329 e. The van der Waals surface area contributed by atoms with Gasteiger partial charge in [-0.2, -0.15) is 5.10 Å². The predicted molar refractivity (Wildman–Crippen MR) is 101 cm³/mol. The van der Waals surface area contributed by atoms with E-state index in [2.05, 4.69) is 15.8 Å². The summed E-state index contributed by atoms with van der Waals surface area (Å²) in [5.41, 5.74) is 2.85. The molecule has 0 unspecified atom stereocenters. The van der Waals surface area contributed by atoms with Crippen LogP contribution in [0.5, 0.6) is 5.75 Å². The topological polar surface area (TPSA) is 100 Å². The van der Waals surface area contributed by atoms with Crippen LogP contribution in [0, 0.1) is 5.92 Å². The quantitative estimate of drug-likeness (QED) is 0.421. The second-order valence-electron chi connectivity index (χ2n) is 6.75. The number of carbonyl (C=O) groups excluding carboxylic acids is 3. The van der Waals surface area contributed by atoms with Crippen molar-refractivity contribution >= 4 is 23.9 Å². The molecular formula is C19H26N4O4. The first-order valence-corrected chi connectivity index (χ1v) is 9.07. The zero-order valence-corrected chi connectivity index (χ0v) is 15.7. The first-order valence-electron chi connectivity index (χ1n) is 9.07. The Labute approximate surface area is 158 Å². The molecule has 1 aliphatic heterocycles. The Morgan fingerprint density at radius 2 is 1.96 bits per heavy atom. The summed E-state index contributed by atoms with van der Waals surface area (Å²) in [5, 5.41) is 6.28. The zero-order chi connectivity index (χ0) is 19.6. The highest BCUT2D eigenvalue weighted by molar-refractivity contribution is 6.35. The second kappa shape index (κ2) is 10.3. The van der Waals surface area contributed by atoms with Crippen LogP contribution < -0.4 is 15.5 Å². The Morgan fingerprint density at radius 1 is 1.22 bits per heavy atom. The van der Waals surface area contributed by atoms with Crippen LogP contribution in [0.1, 0.15) is 32.3 Å². The number of hydrogen-bond acceptors (Lipinski definition) is 5. The first-order chi connectivity index (χ1) is 13.0. The largest absolute Gasteiger partial charge is 0.484 e. The maximum absolute atomic E-state index is 12.0. The lowest BCUT2D eigenvalue weighted by Crippen LogP contribution is -2.39. The molecule has 1 fully saturated rings. The van der Waals surface area contributed by atoms with Gasteiger partial charge in [0.1, 0.15) is 5.75 Å². The SMILES string of the molecule is CC(C)CNC(=O)C(=O)N/N=C\c1cccc(OCC(=O)N2CCCC2)c1. The maximum Gasteiger partial charge on any atom is 0.329 e. The van der Waals surface area contributed by atoms with Gasteiger partial charge in [-0.1, -0.05) is 26.0 Å². The standard InChI is InChI=1S/C19H26N4O4/c1-14(2)11-20-18(25)19(26)22-21-12-15-6-5-7-16(10-15)27-13-17(24)23-8-3-4-9-23/h5-7,10,12,14H,3-4,8-9,11,13H2,1-2H3,(H,20,25)(H,22,26)/b21-12-. The lowest BCUT2D eigenvalue weighted by atomic mass is 10.2. The van der Waals surface area contributed by atoms with E-state index in [0.717, 1.165) is 25.9 Å². The number of hydrazone groups is 1. The molecule has 1 aromatic carbocycles. The average molecular weight is 374 g/mol. The number of likely N-dealkylation sites (tertiary alicyclic amines) is 1. The molecular weight excluding hydrogens is 348 g/mol. The Balaban J connectivity index is 1.80. The molecule has 27 heavy (non-hydrogen) atoms. The van der Waals surface area contributed by atoms with Crippen LogP contribution in [0.2, 0.25) is 0 Å². The van der Waals surface area contributed by atoms with Crippen LogP contribution in [0.3, 0.4) is 0 Å². The molecule has 2 rings (SSSR count). The van der Waals surface area contributed by atoms with E-state index >= 15 is 0 Å². The van der Waals surface area contributed by atoms with Crippen molar-refractivity contribution < 1.29 is 19.1 Å². The molecule has 0 spiro atoms. The molecule has 0 saturated carbocycles. The van der Waals surface area contributed by atoms with Gasteiger partial charge < -0.3 is 15.0 Å². The zero-order valence-electron chi connectivity index (χ0n) is 15.7. The van der Waals surface area contributed by atoms with Crippen LogP contribution in [0.25, 0.3) is 0 Å². The van der Waals surface area contributed by atoms with Gasteiger partial charge in [-0.15, -0.1) is 0 Å². The van der Waals surface area contributed by atoms with Gasteiger partial charge in [0.2, 0.25) is 0 Å². The Kier molecular flexibility index (Phi) is 7.79. The second-order valence-corrected chi connectivity index (χ2v) is 6.75. The molecule has 8 heteroatoms. The minimum absolute atomic E-state index is 0.00659. The highest BCUT2D eigenvalue weighted by Gasteiger charge is 2.18. The third-order valence-electron chi connectivity index (χ3n) is 3.94. The third kappa shape index (κ3) is 7.08. The van der Waals surface area contributed by atoms with E-state index in [-0.39, 0.29) is 18.4 Å². The van der Waals surface area contributed by atoms with Crippen LogP contribution >= 0.6 is 0 Å². The van der Waals surface area contributed by atoms with Crippen molar-refractivity contribution in [1.82, 2.24) is 15.6 Å². The highest BCUT2D eigenvalue weighted by atomic mass is 16.5. The van der Waals surface area contributed by atoms with Crippen LogP contribution in [0.4, 0.5) is 0 Å². The van der Waals surface area contributed by atoms with E-state index in [4.69, 9.17) is 4.74 Å². The highest BCUT2D eigenvalue weighted by Crippen LogP contribution is 2.13. The minimum atomic E-state index is -0.824. The summed E-state index contributed by atoms with van der Waals surface area (Å²) >= 11 is 0. The molecule has 1 aromatic rings. The monoisotopic (exact) mass is 374 g/mol. The molecule has 0 aromatic heterocycles. The molecule has 0 atom stereocenters. The van der Waals surface area contributed by atoms with Gasteiger partial charge in [0, 0.05) is 19.6 Å². The van der Waals surface area contributed by atoms with Gasteiger partial charge in [-0.25, -0.2) is 5.43 Å². The lowest BCUT2D eigenvalue weighted by molar-refractivity contribution is -0.139. The van der Waals surface area contributed by atoms with E-state index < -0.39 is 11.8 Å². The number of ether oxygens (including phenoxy) is 1. The number of carbonyl (C=O) groups is 3. The summed E-state index contributed by atoms with van der Waals surface area (Å²) in [6, 6.07) is 6.97. The summed E-state index contributed by atoms with van der Waals surface area (Å²) in [6.45, 7) is 5.87. The number of nitrogens with zero attached hydrogens (tertiary/aromatic N) is 2. The van der Waals surface area contributed by atoms with Gasteiger partial charge in [-0.05, 0) is 36.5 Å². The summed E-state index contributed by atoms with van der Waals surface area (Å²) in [5.74, 6) is -0.780. The van der Waals surface area contributed by atoms with Gasteiger partial charge in [-0.3, -0.25) is 14.4 Å². The van der Waals surface area contributed by atoms with Crippen molar-refractivity contribution in [1.29, 1.82) is 0 Å². The molecule has 0 bridgehead atoms. The first kappa shape index (κ1) is 20.4. The molecule has 1 heterocycles. The number of amides is 3. The number of hydrogen-bond donors (Lipinski definition) is 2. The van der Waals surface area contributed by atoms with Crippen molar-refractivity contribution in [2.24, 2.45) is 11.0 Å². The Hall–Kier alpha value is -2.90. The van der Waals surface area contributed by atoms with Crippen molar-refractivity contribution in [2.45, 2.75) is 26.7 Å². The van der Waals surface area contributed by atoms with Gasteiger partial charge >= 0.3 is 11.8 Å². The van der Waals surface area contributed by atoms with Crippen molar-refractivity contribution in [3.8, 4) is 5.75 Å². The molecule has 1 saturated heterocycles. The molecule has 8 nitrogen and oxygen atoms in total. The number of benzene rings is 1. The molecule has 2 N–H and O–H groups in total. The van der Waals surface area contributed by atoms with Gasteiger partial charge in [0.15, 0.2) is 6.61 Å². The van der Waals surface area contributed by atoms with E-state index in [1.54, 1.807) is 29.2 Å². The molecule has 0 aliphatic carbocycles. The lowest BCUT2D eigenvalue weighted by Gasteiger charge is -2.15. The Bertz CT molecular complexity index is 697. The molecule has 0 radical (unpaired) electrons. The Morgan fingerprint density at radius 3 is 2.67 bits per heavy atom. The molecule has 1 aliphatic rings. The molecule has 146 valence electrons. The summed E-state index contributed by atoms with van der Waals surface area (Å²) in [7, 11) is 0.